The molecule has 5 aromatic rings. The number of thioether (sulfide) groups is 1. The molecule has 0 saturated heterocycles. The smallest absolute Gasteiger partial charge is 0.253 e. The van der Waals surface area contributed by atoms with Gasteiger partial charge in [-0.05, 0) is 50.1 Å². The first-order chi connectivity index (χ1) is 16.6. The molecule has 8 nitrogen and oxygen atoms in total. The minimum absolute atomic E-state index is 0.0669. The lowest BCUT2D eigenvalue weighted by molar-refractivity contribution is 0.0952. The van der Waals surface area contributed by atoms with Gasteiger partial charge in [-0.1, -0.05) is 42.1 Å². The number of fused-ring (bicyclic) bond motifs is 2. The number of hydrogen-bond donors (Lipinski definition) is 1. The fourth-order valence-corrected chi connectivity index (χ4v) is 4.78. The number of benzene rings is 2. The molecular formula is C25H25N7OS. The Morgan fingerprint density at radius 3 is 2.79 bits per heavy atom. The van der Waals surface area contributed by atoms with Crippen LogP contribution in [0.5, 0.6) is 0 Å². The Labute approximate surface area is 201 Å². The zero-order chi connectivity index (χ0) is 23.5. The lowest BCUT2D eigenvalue weighted by Gasteiger charge is -2.10. The minimum atomic E-state index is -0.0669. The Morgan fingerprint density at radius 1 is 1.06 bits per heavy atom. The van der Waals surface area contributed by atoms with Gasteiger partial charge in [0.25, 0.3) is 11.7 Å². The van der Waals surface area contributed by atoms with E-state index in [1.807, 2.05) is 68.7 Å². The van der Waals surface area contributed by atoms with Gasteiger partial charge in [0.05, 0.1) is 17.4 Å². The van der Waals surface area contributed by atoms with Crippen LogP contribution in [0.15, 0.2) is 66.1 Å². The number of nitrogens with one attached hydrogen (secondary N) is 1. The number of rotatable bonds is 8. The average Bonchev–Trinajstić information content (AvgIpc) is 3.45. The fraction of sp³-hybridized carbons (Fsp3) is 0.240. The van der Waals surface area contributed by atoms with E-state index in [1.54, 1.807) is 4.52 Å². The molecule has 0 atom stereocenters. The van der Waals surface area contributed by atoms with Gasteiger partial charge in [0.2, 0.25) is 5.16 Å². The Hall–Kier alpha value is -3.72. The summed E-state index contributed by atoms with van der Waals surface area (Å²) in [6, 6.07) is 17.7. The fourth-order valence-electron chi connectivity index (χ4n) is 3.95. The van der Waals surface area contributed by atoms with Gasteiger partial charge in [0.1, 0.15) is 0 Å². The van der Waals surface area contributed by atoms with Gasteiger partial charge in [-0.3, -0.25) is 4.79 Å². The summed E-state index contributed by atoms with van der Waals surface area (Å²) in [7, 11) is 0. The number of nitrogens with zero attached hydrogens (tertiary/aromatic N) is 6. The Bertz CT molecular complexity index is 1470. The summed E-state index contributed by atoms with van der Waals surface area (Å²) < 4.78 is 3.86. The molecule has 3 aromatic heterocycles. The molecule has 0 fully saturated rings. The summed E-state index contributed by atoms with van der Waals surface area (Å²) in [6.07, 6.45) is 2.67. The van der Waals surface area contributed by atoms with Gasteiger partial charge in [0.15, 0.2) is 0 Å². The van der Waals surface area contributed by atoms with Gasteiger partial charge >= 0.3 is 0 Å². The van der Waals surface area contributed by atoms with Crippen LogP contribution in [-0.2, 0) is 12.3 Å². The summed E-state index contributed by atoms with van der Waals surface area (Å²) >= 11 is 1.50. The molecule has 34 heavy (non-hydrogen) atoms. The van der Waals surface area contributed by atoms with E-state index < -0.39 is 0 Å². The first-order valence-electron chi connectivity index (χ1n) is 11.2. The zero-order valence-electron chi connectivity index (χ0n) is 19.1. The third-order valence-electron chi connectivity index (χ3n) is 5.61. The second-order valence-corrected chi connectivity index (χ2v) is 9.07. The molecule has 3 heterocycles. The van der Waals surface area contributed by atoms with Crippen molar-refractivity contribution in [2.75, 3.05) is 6.54 Å². The average molecular weight is 472 g/mol. The van der Waals surface area contributed by atoms with Crippen molar-refractivity contribution in [1.29, 1.82) is 0 Å². The number of imidazole rings is 1. The molecule has 0 unspecified atom stereocenters. The molecule has 0 saturated carbocycles. The van der Waals surface area contributed by atoms with Crippen LogP contribution in [-0.4, -0.2) is 41.6 Å². The number of hydrogen-bond acceptors (Lipinski definition) is 6. The van der Waals surface area contributed by atoms with E-state index in [-0.39, 0.29) is 5.91 Å². The van der Waals surface area contributed by atoms with Gasteiger partial charge in [-0.2, -0.15) is 4.98 Å². The van der Waals surface area contributed by atoms with Crippen molar-refractivity contribution in [3.8, 4) is 0 Å². The van der Waals surface area contributed by atoms with Gasteiger partial charge < -0.3 is 9.88 Å². The molecular weight excluding hydrogens is 446 g/mol. The number of amides is 1. The molecule has 5 rings (SSSR count). The summed E-state index contributed by atoms with van der Waals surface area (Å²) in [5.74, 6) is 1.12. The molecule has 0 aliphatic heterocycles. The van der Waals surface area contributed by atoms with E-state index in [0.29, 0.717) is 28.8 Å². The second kappa shape index (κ2) is 9.64. The zero-order valence-corrected chi connectivity index (χ0v) is 19.9. The molecule has 0 radical (unpaired) electrons. The third kappa shape index (κ3) is 4.65. The van der Waals surface area contributed by atoms with Crippen LogP contribution in [0.3, 0.4) is 0 Å². The maximum Gasteiger partial charge on any atom is 0.253 e. The lowest BCUT2D eigenvalue weighted by atomic mass is 10.1. The van der Waals surface area contributed by atoms with Crippen LogP contribution in [0.25, 0.3) is 16.8 Å². The van der Waals surface area contributed by atoms with E-state index in [1.165, 1.54) is 11.8 Å². The maximum atomic E-state index is 12.9. The van der Waals surface area contributed by atoms with Crippen molar-refractivity contribution in [1.82, 2.24) is 34.4 Å². The Kier molecular flexibility index (Phi) is 6.27. The van der Waals surface area contributed by atoms with E-state index in [4.69, 9.17) is 0 Å². The summed E-state index contributed by atoms with van der Waals surface area (Å²) in [5.41, 5.74) is 5.63. The van der Waals surface area contributed by atoms with Crippen molar-refractivity contribution in [2.24, 2.45) is 0 Å². The predicted octanol–water partition coefficient (Wildman–Crippen LogP) is 4.20. The minimum Gasteiger partial charge on any atom is -0.352 e. The van der Waals surface area contributed by atoms with Crippen molar-refractivity contribution < 1.29 is 4.79 Å². The van der Waals surface area contributed by atoms with E-state index >= 15 is 0 Å². The highest BCUT2D eigenvalue weighted by Crippen LogP contribution is 2.23. The summed E-state index contributed by atoms with van der Waals surface area (Å²) in [5, 5.41) is 8.25. The largest absolute Gasteiger partial charge is 0.352 e. The number of carbonyl (C=O) groups is 1. The van der Waals surface area contributed by atoms with Crippen molar-refractivity contribution in [2.45, 2.75) is 37.7 Å². The van der Waals surface area contributed by atoms with Crippen LogP contribution in [0.2, 0.25) is 0 Å². The normalized spacial score (nSPS) is 11.4. The van der Waals surface area contributed by atoms with E-state index in [9.17, 15) is 4.79 Å². The first-order valence-corrected chi connectivity index (χ1v) is 12.2. The lowest BCUT2D eigenvalue weighted by Crippen LogP contribution is -2.26. The van der Waals surface area contributed by atoms with Gasteiger partial charge in [-0.15, -0.1) is 5.10 Å². The van der Waals surface area contributed by atoms with Crippen LogP contribution in [0, 0.1) is 13.8 Å². The topological polar surface area (TPSA) is 90.0 Å². The highest BCUT2D eigenvalue weighted by molar-refractivity contribution is 7.98. The van der Waals surface area contributed by atoms with Crippen LogP contribution in [0.1, 0.15) is 33.7 Å². The van der Waals surface area contributed by atoms with Crippen LogP contribution >= 0.6 is 11.8 Å². The summed E-state index contributed by atoms with van der Waals surface area (Å²) in [6.45, 7) is 5.32. The van der Waals surface area contributed by atoms with Crippen molar-refractivity contribution in [3.05, 3.63) is 83.4 Å². The Morgan fingerprint density at radius 2 is 1.88 bits per heavy atom. The predicted molar refractivity (Wildman–Crippen MR) is 133 cm³/mol. The quantitative estimate of drug-likeness (QED) is 0.269. The second-order valence-electron chi connectivity index (χ2n) is 8.13. The monoisotopic (exact) mass is 471 g/mol. The Balaban J connectivity index is 1.19. The molecule has 0 aliphatic rings. The van der Waals surface area contributed by atoms with Crippen LogP contribution in [0.4, 0.5) is 0 Å². The standard InChI is InChI=1S/C25H25N7OS/c1-17-14-18(2)32-24(28-17)29-25(30-32)34-15-19-8-3-4-9-20(19)23(33)26-12-7-13-31-16-27-21-10-5-6-11-22(21)31/h3-6,8-11,14,16H,7,12-13,15H2,1-2H3,(H,26,33). The molecule has 0 spiro atoms. The number of aromatic nitrogens is 6. The molecule has 1 amide bonds. The number of para-hydroxylation sites is 2. The molecule has 9 heteroatoms. The third-order valence-corrected chi connectivity index (χ3v) is 6.49. The summed E-state index contributed by atoms with van der Waals surface area (Å²) in [4.78, 5) is 26.3. The van der Waals surface area contributed by atoms with Crippen molar-refractivity contribution >= 4 is 34.5 Å². The van der Waals surface area contributed by atoms with E-state index in [0.717, 1.165) is 41.0 Å². The first kappa shape index (κ1) is 22.1. The number of aryl methyl sites for hydroxylation is 3. The van der Waals surface area contributed by atoms with Crippen molar-refractivity contribution in [3.63, 3.8) is 0 Å². The molecule has 1 N–H and O–H groups in total. The van der Waals surface area contributed by atoms with Crippen LogP contribution < -0.4 is 5.32 Å². The molecule has 172 valence electrons. The highest BCUT2D eigenvalue weighted by atomic mass is 32.2. The molecule has 0 bridgehead atoms. The molecule has 0 aliphatic carbocycles. The molecule has 2 aromatic carbocycles. The highest BCUT2D eigenvalue weighted by Gasteiger charge is 2.13. The van der Waals surface area contributed by atoms with Gasteiger partial charge in [-0.25, -0.2) is 14.5 Å². The van der Waals surface area contributed by atoms with E-state index in [2.05, 4.69) is 36.0 Å². The SMILES string of the molecule is Cc1cc(C)n2nc(SCc3ccccc3C(=O)NCCCn3cnc4ccccc43)nc2n1. The van der Waals surface area contributed by atoms with Gasteiger partial charge in [0, 0.05) is 35.8 Å². The number of carbonyl (C=O) groups excluding carboxylic acids is 1. The maximum absolute atomic E-state index is 12.9.